The van der Waals surface area contributed by atoms with Crippen LogP contribution in [0.4, 0.5) is 10.1 Å². The Morgan fingerprint density at radius 3 is 2.50 bits per heavy atom. The number of amides is 1. The third kappa shape index (κ3) is 6.81. The number of halogens is 1. The van der Waals surface area contributed by atoms with Crippen molar-refractivity contribution in [2.75, 3.05) is 11.0 Å². The zero-order valence-corrected chi connectivity index (χ0v) is 18.3. The fourth-order valence-corrected chi connectivity index (χ4v) is 3.20. The number of benzene rings is 1. The summed E-state index contributed by atoms with van der Waals surface area (Å²) in [6, 6.07) is 6.53. The van der Waals surface area contributed by atoms with Gasteiger partial charge in [-0.15, -0.1) is 0 Å². The second-order valence-corrected chi connectivity index (χ2v) is 9.65. The van der Waals surface area contributed by atoms with E-state index in [9.17, 15) is 17.6 Å². The van der Waals surface area contributed by atoms with Gasteiger partial charge in [-0.05, 0) is 35.4 Å². The van der Waals surface area contributed by atoms with Crippen molar-refractivity contribution in [3.8, 4) is 0 Å². The maximum atomic E-state index is 14.3. The van der Waals surface area contributed by atoms with Crippen LogP contribution in [0, 0.1) is 5.82 Å². The molecule has 2 N–H and O–H groups in total. The highest BCUT2D eigenvalue weighted by atomic mass is 32.2. The molecule has 0 saturated carbocycles. The van der Waals surface area contributed by atoms with Crippen LogP contribution in [0.3, 0.4) is 0 Å². The summed E-state index contributed by atoms with van der Waals surface area (Å²) in [6.45, 7) is 9.86. The van der Waals surface area contributed by atoms with Crippen molar-refractivity contribution < 1.29 is 17.6 Å². The van der Waals surface area contributed by atoms with Gasteiger partial charge in [-0.1, -0.05) is 39.5 Å². The molecule has 0 saturated heterocycles. The number of pyridine rings is 1. The lowest BCUT2D eigenvalue weighted by molar-refractivity contribution is -0.116. The summed E-state index contributed by atoms with van der Waals surface area (Å²) in [4.78, 5) is 16.5. The van der Waals surface area contributed by atoms with E-state index in [0.29, 0.717) is 5.56 Å². The van der Waals surface area contributed by atoms with Gasteiger partial charge in [0.25, 0.3) is 0 Å². The number of nitrogens with one attached hydrogen (secondary N) is 2. The van der Waals surface area contributed by atoms with Crippen molar-refractivity contribution >= 4 is 33.8 Å². The van der Waals surface area contributed by atoms with Crippen molar-refractivity contribution in [2.45, 2.75) is 32.7 Å². The summed E-state index contributed by atoms with van der Waals surface area (Å²) in [5.41, 5.74) is 2.27. The van der Waals surface area contributed by atoms with Crippen LogP contribution in [0.25, 0.3) is 12.2 Å². The quantitative estimate of drug-likeness (QED) is 0.652. The second kappa shape index (κ2) is 9.21. The molecule has 6 nitrogen and oxygen atoms in total. The molecule has 1 heterocycles. The standard InChI is InChI=1S/C22H26FN3O3S/c1-6-17-11-16(12-18(23)21(17)26-30(5,28)29)14-25-20(27)10-8-15-7-9-19(24-13-15)22(2,3)4/h6-13,26H,1,14H2,2-5H3,(H,25,27). The first-order valence-electron chi connectivity index (χ1n) is 9.24. The molecule has 0 spiro atoms. The van der Waals surface area contributed by atoms with Crippen molar-refractivity contribution in [3.63, 3.8) is 0 Å². The minimum Gasteiger partial charge on any atom is -0.348 e. The lowest BCUT2D eigenvalue weighted by Crippen LogP contribution is -2.20. The number of nitrogens with zero attached hydrogens (tertiary/aromatic N) is 1. The third-order valence-corrected chi connectivity index (χ3v) is 4.71. The van der Waals surface area contributed by atoms with Gasteiger partial charge >= 0.3 is 0 Å². The molecule has 0 radical (unpaired) electrons. The van der Waals surface area contributed by atoms with Gasteiger partial charge in [0.2, 0.25) is 15.9 Å². The first kappa shape index (κ1) is 23.3. The maximum Gasteiger partial charge on any atom is 0.244 e. The monoisotopic (exact) mass is 431 g/mol. The minimum atomic E-state index is -3.64. The Kier molecular flexibility index (Phi) is 7.15. The molecular formula is C22H26FN3O3S. The first-order valence-corrected chi connectivity index (χ1v) is 11.1. The van der Waals surface area contributed by atoms with Gasteiger partial charge in [-0.3, -0.25) is 14.5 Å². The Bertz CT molecular complexity index is 1070. The molecule has 0 unspecified atom stereocenters. The van der Waals surface area contributed by atoms with Gasteiger partial charge in [0.15, 0.2) is 0 Å². The number of hydrogen-bond acceptors (Lipinski definition) is 4. The topological polar surface area (TPSA) is 88.2 Å². The van der Waals surface area contributed by atoms with Crippen molar-refractivity contribution in [2.24, 2.45) is 0 Å². The normalized spacial score (nSPS) is 12.0. The average Bonchev–Trinajstić information content (AvgIpc) is 2.65. The van der Waals surface area contributed by atoms with Crippen LogP contribution < -0.4 is 10.0 Å². The third-order valence-electron chi connectivity index (χ3n) is 4.14. The van der Waals surface area contributed by atoms with Crippen molar-refractivity contribution in [1.82, 2.24) is 10.3 Å². The molecule has 160 valence electrons. The van der Waals surface area contributed by atoms with Crippen LogP contribution >= 0.6 is 0 Å². The van der Waals surface area contributed by atoms with Crippen LogP contribution in [-0.4, -0.2) is 25.6 Å². The minimum absolute atomic E-state index is 0.0500. The fraction of sp³-hybridized carbons (Fsp3) is 0.273. The Morgan fingerprint density at radius 2 is 1.97 bits per heavy atom. The van der Waals surface area contributed by atoms with E-state index in [4.69, 9.17) is 0 Å². The molecule has 0 aliphatic rings. The van der Waals surface area contributed by atoms with Gasteiger partial charge in [0, 0.05) is 35.5 Å². The van der Waals surface area contributed by atoms with Crippen molar-refractivity contribution in [3.05, 3.63) is 71.3 Å². The number of rotatable bonds is 7. The van der Waals surface area contributed by atoms with Crippen LogP contribution in [0.2, 0.25) is 0 Å². The molecule has 0 fully saturated rings. The summed E-state index contributed by atoms with van der Waals surface area (Å²) in [7, 11) is -3.64. The average molecular weight is 432 g/mol. The van der Waals surface area contributed by atoms with E-state index in [0.717, 1.165) is 17.5 Å². The molecule has 1 amide bonds. The van der Waals surface area contributed by atoms with E-state index >= 15 is 0 Å². The summed E-state index contributed by atoms with van der Waals surface area (Å²) in [5, 5.41) is 2.67. The van der Waals surface area contributed by atoms with Gasteiger partial charge in [0.1, 0.15) is 5.82 Å². The summed E-state index contributed by atoms with van der Waals surface area (Å²) in [5.74, 6) is -1.10. The predicted octanol–water partition coefficient (Wildman–Crippen LogP) is 3.86. The Labute approximate surface area is 177 Å². The molecule has 1 aromatic carbocycles. The number of carbonyl (C=O) groups is 1. The largest absolute Gasteiger partial charge is 0.348 e. The first-order chi connectivity index (χ1) is 13.9. The van der Waals surface area contributed by atoms with Crippen LogP contribution in [0.1, 0.15) is 43.2 Å². The van der Waals surface area contributed by atoms with E-state index in [2.05, 4.69) is 42.4 Å². The number of hydrogen-bond donors (Lipinski definition) is 2. The summed E-state index contributed by atoms with van der Waals surface area (Å²) < 4.78 is 39.3. The smallest absolute Gasteiger partial charge is 0.244 e. The molecule has 2 rings (SSSR count). The number of sulfonamides is 1. The summed E-state index contributed by atoms with van der Waals surface area (Å²) >= 11 is 0. The van der Waals surface area contributed by atoms with Gasteiger partial charge in [-0.25, -0.2) is 12.8 Å². The molecular weight excluding hydrogens is 405 g/mol. The van der Waals surface area contributed by atoms with Gasteiger partial charge < -0.3 is 5.32 Å². The number of carbonyl (C=O) groups excluding carboxylic acids is 1. The van der Waals surface area contributed by atoms with E-state index in [1.54, 1.807) is 18.3 Å². The van der Waals surface area contributed by atoms with Crippen molar-refractivity contribution in [1.29, 1.82) is 0 Å². The molecule has 8 heteroatoms. The van der Waals surface area contributed by atoms with E-state index in [1.807, 2.05) is 12.1 Å². The zero-order valence-electron chi connectivity index (χ0n) is 17.5. The molecule has 0 aliphatic carbocycles. The Balaban J connectivity index is 2.04. The molecule has 2 aromatic rings. The predicted molar refractivity (Wildman–Crippen MR) is 119 cm³/mol. The summed E-state index contributed by atoms with van der Waals surface area (Å²) in [6.07, 6.45) is 6.99. The van der Waals surface area contributed by atoms with Crippen LogP contribution in [0.15, 0.2) is 43.1 Å². The highest BCUT2D eigenvalue weighted by Gasteiger charge is 2.15. The second-order valence-electron chi connectivity index (χ2n) is 7.90. The highest BCUT2D eigenvalue weighted by molar-refractivity contribution is 7.92. The fourth-order valence-electron chi connectivity index (χ4n) is 2.61. The van der Waals surface area contributed by atoms with Crippen LogP contribution in [0.5, 0.6) is 0 Å². The number of anilines is 1. The van der Waals surface area contributed by atoms with E-state index in [1.165, 1.54) is 18.2 Å². The molecule has 0 aliphatic heterocycles. The van der Waals surface area contributed by atoms with Crippen LogP contribution in [-0.2, 0) is 26.8 Å². The van der Waals surface area contributed by atoms with Gasteiger partial charge in [-0.2, -0.15) is 0 Å². The maximum absolute atomic E-state index is 14.3. The Hall–Kier alpha value is -3.00. The lowest BCUT2D eigenvalue weighted by atomic mass is 9.91. The Morgan fingerprint density at radius 1 is 1.27 bits per heavy atom. The molecule has 30 heavy (non-hydrogen) atoms. The van der Waals surface area contributed by atoms with E-state index in [-0.39, 0.29) is 29.1 Å². The lowest BCUT2D eigenvalue weighted by Gasteiger charge is -2.17. The highest BCUT2D eigenvalue weighted by Crippen LogP contribution is 2.24. The molecule has 1 aromatic heterocycles. The zero-order chi connectivity index (χ0) is 22.5. The van der Waals surface area contributed by atoms with E-state index < -0.39 is 15.8 Å². The SMILES string of the molecule is C=Cc1cc(CNC(=O)C=Cc2ccc(C(C)(C)C)nc2)cc(F)c1NS(C)(=O)=O. The number of aromatic nitrogens is 1. The molecule has 0 atom stereocenters. The van der Waals surface area contributed by atoms with Gasteiger partial charge in [0.05, 0.1) is 11.9 Å². The molecule has 0 bridgehead atoms.